The Morgan fingerprint density at radius 2 is 1.66 bits per heavy atom. The van der Waals surface area contributed by atoms with Crippen molar-refractivity contribution in [3.05, 3.63) is 111 Å². The van der Waals surface area contributed by atoms with Gasteiger partial charge in [0.1, 0.15) is 24.2 Å². The zero-order chi connectivity index (χ0) is 26.8. The van der Waals surface area contributed by atoms with Crippen molar-refractivity contribution in [2.45, 2.75) is 25.3 Å². The van der Waals surface area contributed by atoms with E-state index in [1.165, 1.54) is 12.1 Å². The van der Waals surface area contributed by atoms with E-state index in [9.17, 15) is 24.8 Å². The predicted octanol–water partition coefficient (Wildman–Crippen LogP) is 5.70. The second-order valence-corrected chi connectivity index (χ2v) is 9.09. The van der Waals surface area contributed by atoms with Gasteiger partial charge in [0.15, 0.2) is 0 Å². The molecule has 0 radical (unpaired) electrons. The zero-order valence-electron chi connectivity index (χ0n) is 20.4. The van der Waals surface area contributed by atoms with Crippen molar-refractivity contribution in [3.8, 4) is 22.5 Å². The number of nitrogens with one attached hydrogen (secondary N) is 1. The molecule has 1 amide bonds. The number of non-ortho nitro benzene ring substituents is 1. The largest absolute Gasteiger partial charge is 0.480 e. The van der Waals surface area contributed by atoms with Crippen molar-refractivity contribution < 1.29 is 28.8 Å². The number of nitro groups is 1. The highest BCUT2D eigenvalue weighted by Gasteiger charge is 2.30. The highest BCUT2D eigenvalue weighted by molar-refractivity contribution is 5.81. The standard InChI is InChI=1S/C29H24N2O7/c1-17-10-11-18(31(35)36)14-24(17)27-13-12-19(38-27)15-26(28(32)33)30-29(34)37-16-25-22-8-4-2-6-20(22)21-7-3-5-9-23(21)25/h2-14,25-26H,15-16H2,1H3,(H,30,34)(H,32,33). The number of alkyl carbamates (subject to hydrolysis) is 1. The lowest BCUT2D eigenvalue weighted by Gasteiger charge is -2.17. The number of carbonyl (C=O) groups excluding carboxylic acids is 1. The van der Waals surface area contributed by atoms with Crippen LogP contribution >= 0.6 is 0 Å². The number of benzene rings is 3. The van der Waals surface area contributed by atoms with E-state index in [0.29, 0.717) is 17.1 Å². The number of ether oxygens (including phenoxy) is 1. The van der Waals surface area contributed by atoms with Crippen LogP contribution in [-0.4, -0.2) is 34.7 Å². The topological polar surface area (TPSA) is 132 Å². The van der Waals surface area contributed by atoms with Crippen LogP contribution in [-0.2, 0) is 16.0 Å². The second kappa shape index (κ2) is 10.2. The fourth-order valence-electron chi connectivity index (χ4n) is 4.80. The molecule has 1 aliphatic rings. The first-order valence-electron chi connectivity index (χ1n) is 12.0. The normalized spacial score (nSPS) is 12.9. The minimum atomic E-state index is -1.30. The molecule has 0 fully saturated rings. The number of furan rings is 1. The highest BCUT2D eigenvalue weighted by Crippen LogP contribution is 2.44. The third-order valence-corrected chi connectivity index (χ3v) is 6.70. The fourth-order valence-corrected chi connectivity index (χ4v) is 4.80. The highest BCUT2D eigenvalue weighted by atomic mass is 16.6. The van der Waals surface area contributed by atoms with E-state index in [2.05, 4.69) is 5.32 Å². The van der Waals surface area contributed by atoms with E-state index < -0.39 is 23.0 Å². The Balaban J connectivity index is 1.25. The van der Waals surface area contributed by atoms with Gasteiger partial charge in [-0.15, -0.1) is 0 Å². The quantitative estimate of drug-likeness (QED) is 0.229. The molecule has 0 aliphatic heterocycles. The Morgan fingerprint density at radius 3 is 2.29 bits per heavy atom. The molecule has 4 aromatic rings. The molecule has 38 heavy (non-hydrogen) atoms. The first-order chi connectivity index (χ1) is 18.3. The third-order valence-electron chi connectivity index (χ3n) is 6.70. The maximum Gasteiger partial charge on any atom is 0.407 e. The summed E-state index contributed by atoms with van der Waals surface area (Å²) in [5.41, 5.74) is 5.50. The van der Waals surface area contributed by atoms with Gasteiger partial charge >= 0.3 is 12.1 Å². The van der Waals surface area contributed by atoms with Crippen LogP contribution in [0.25, 0.3) is 22.5 Å². The van der Waals surface area contributed by atoms with Crippen molar-refractivity contribution >= 4 is 17.7 Å². The number of rotatable bonds is 8. The van der Waals surface area contributed by atoms with E-state index in [0.717, 1.165) is 27.8 Å². The number of fused-ring (bicyclic) bond motifs is 3. The summed E-state index contributed by atoms with van der Waals surface area (Å²) in [6, 6.07) is 22.2. The van der Waals surface area contributed by atoms with Gasteiger partial charge in [0.05, 0.1) is 4.92 Å². The molecular weight excluding hydrogens is 488 g/mol. The van der Waals surface area contributed by atoms with Gasteiger partial charge in [-0.2, -0.15) is 0 Å². The number of nitro benzene ring substituents is 1. The van der Waals surface area contributed by atoms with Crippen molar-refractivity contribution in [3.63, 3.8) is 0 Å². The number of aryl methyl sites for hydroxylation is 1. The van der Waals surface area contributed by atoms with Crippen LogP contribution in [0.1, 0.15) is 28.4 Å². The second-order valence-electron chi connectivity index (χ2n) is 9.09. The molecule has 5 rings (SSSR count). The summed E-state index contributed by atoms with van der Waals surface area (Å²) >= 11 is 0. The minimum absolute atomic E-state index is 0.0587. The summed E-state index contributed by atoms with van der Waals surface area (Å²) in [7, 11) is 0. The Kier molecular flexibility index (Phi) is 6.66. The Labute approximate surface area is 217 Å². The van der Waals surface area contributed by atoms with Gasteiger partial charge in [-0.1, -0.05) is 54.6 Å². The van der Waals surface area contributed by atoms with Crippen LogP contribution in [0.4, 0.5) is 10.5 Å². The number of hydrogen-bond acceptors (Lipinski definition) is 6. The van der Waals surface area contributed by atoms with Gasteiger partial charge in [0, 0.05) is 30.0 Å². The summed E-state index contributed by atoms with van der Waals surface area (Å²) < 4.78 is 11.3. The van der Waals surface area contributed by atoms with Crippen molar-refractivity contribution in [2.75, 3.05) is 6.61 Å². The van der Waals surface area contributed by atoms with Gasteiger partial charge in [0.2, 0.25) is 0 Å². The van der Waals surface area contributed by atoms with Crippen molar-refractivity contribution in [1.29, 1.82) is 0 Å². The van der Waals surface area contributed by atoms with E-state index in [-0.39, 0.29) is 24.6 Å². The average molecular weight is 513 g/mol. The molecule has 2 N–H and O–H groups in total. The number of amides is 1. The molecule has 192 valence electrons. The van der Waals surface area contributed by atoms with Crippen LogP contribution in [0, 0.1) is 17.0 Å². The molecule has 0 saturated carbocycles. The molecule has 1 heterocycles. The summed E-state index contributed by atoms with van der Waals surface area (Å²) in [6.45, 7) is 1.85. The first kappa shape index (κ1) is 24.8. The smallest absolute Gasteiger partial charge is 0.407 e. The van der Waals surface area contributed by atoms with Crippen LogP contribution < -0.4 is 5.32 Å². The van der Waals surface area contributed by atoms with Gasteiger partial charge in [-0.25, -0.2) is 9.59 Å². The van der Waals surface area contributed by atoms with Gasteiger partial charge in [-0.05, 0) is 46.9 Å². The SMILES string of the molecule is Cc1ccc([N+](=O)[O-])cc1-c1ccc(CC(NC(=O)OCC2c3ccccc3-c3ccccc32)C(=O)O)o1. The number of aliphatic carboxylic acids is 1. The molecule has 0 saturated heterocycles. The minimum Gasteiger partial charge on any atom is -0.480 e. The molecule has 9 heteroatoms. The van der Waals surface area contributed by atoms with E-state index >= 15 is 0 Å². The van der Waals surface area contributed by atoms with Crippen LogP contribution in [0.5, 0.6) is 0 Å². The molecule has 1 atom stereocenters. The number of hydrogen-bond donors (Lipinski definition) is 2. The van der Waals surface area contributed by atoms with Crippen LogP contribution in [0.2, 0.25) is 0 Å². The van der Waals surface area contributed by atoms with Gasteiger partial charge in [-0.3, -0.25) is 10.1 Å². The molecule has 0 bridgehead atoms. The molecule has 1 unspecified atom stereocenters. The Morgan fingerprint density at radius 1 is 1.00 bits per heavy atom. The molecule has 1 aliphatic carbocycles. The lowest BCUT2D eigenvalue weighted by atomic mass is 9.98. The molecule has 3 aromatic carbocycles. The molecule has 9 nitrogen and oxygen atoms in total. The number of nitrogens with zero attached hydrogens (tertiary/aromatic N) is 1. The van der Waals surface area contributed by atoms with Crippen molar-refractivity contribution in [1.82, 2.24) is 5.32 Å². The number of carboxylic acids is 1. The average Bonchev–Trinajstić information content (AvgIpc) is 3.50. The predicted molar refractivity (Wildman–Crippen MR) is 139 cm³/mol. The monoisotopic (exact) mass is 512 g/mol. The van der Waals surface area contributed by atoms with Crippen LogP contribution in [0.15, 0.2) is 83.3 Å². The summed E-state index contributed by atoms with van der Waals surface area (Å²) in [5, 5.41) is 23.3. The lowest BCUT2D eigenvalue weighted by molar-refractivity contribution is -0.384. The maximum atomic E-state index is 12.6. The molecule has 1 aromatic heterocycles. The molecule has 0 spiro atoms. The summed E-state index contributed by atoms with van der Waals surface area (Å²) in [4.78, 5) is 35.1. The maximum absolute atomic E-state index is 12.6. The summed E-state index contributed by atoms with van der Waals surface area (Å²) in [6.07, 6.45) is -0.978. The Bertz CT molecular complexity index is 1500. The third kappa shape index (κ3) is 4.86. The Hall–Kier alpha value is -4.92. The summed E-state index contributed by atoms with van der Waals surface area (Å²) in [5.74, 6) is -0.728. The lowest BCUT2D eigenvalue weighted by Crippen LogP contribution is -2.42. The fraction of sp³-hybridized carbons (Fsp3) is 0.172. The van der Waals surface area contributed by atoms with Crippen LogP contribution in [0.3, 0.4) is 0 Å². The van der Waals surface area contributed by atoms with Crippen molar-refractivity contribution in [2.24, 2.45) is 0 Å². The van der Waals surface area contributed by atoms with Gasteiger partial charge in [0.25, 0.3) is 5.69 Å². The van der Waals surface area contributed by atoms with E-state index in [1.807, 2.05) is 48.5 Å². The van der Waals surface area contributed by atoms with Gasteiger partial charge < -0.3 is 19.6 Å². The van der Waals surface area contributed by atoms with E-state index in [1.54, 1.807) is 25.1 Å². The number of carboxylic acid groups (broad SMARTS) is 1. The first-order valence-corrected chi connectivity index (χ1v) is 12.0. The molecular formula is C29H24N2O7. The number of carbonyl (C=O) groups is 2. The zero-order valence-corrected chi connectivity index (χ0v) is 20.4. The van der Waals surface area contributed by atoms with E-state index in [4.69, 9.17) is 9.15 Å².